The average molecular weight is 253 g/mol. The Morgan fingerprint density at radius 1 is 0.947 bits per heavy atom. The molecule has 1 amide bonds. The molecule has 0 radical (unpaired) electrons. The summed E-state index contributed by atoms with van der Waals surface area (Å²) in [5, 5.41) is 0. The second-order valence-electron chi connectivity index (χ2n) is 4.84. The van der Waals surface area contributed by atoms with Crippen LogP contribution in [0.25, 0.3) is 0 Å². The van der Waals surface area contributed by atoms with Gasteiger partial charge in [-0.05, 0) is 12.1 Å². The third-order valence-corrected chi connectivity index (χ3v) is 3.37. The highest BCUT2D eigenvalue weighted by atomic mass is 16.5. The summed E-state index contributed by atoms with van der Waals surface area (Å²) in [6, 6.07) is 15.4. The van der Waals surface area contributed by atoms with Crippen molar-refractivity contribution in [3.8, 4) is 11.5 Å². The largest absolute Gasteiger partial charge is 0.457 e. The Hall–Kier alpha value is -2.29. The van der Waals surface area contributed by atoms with E-state index in [1.54, 1.807) is 19.0 Å². The molecule has 0 N–H and O–H groups in total. The Bertz CT molecular complexity index is 589. The van der Waals surface area contributed by atoms with Crippen LogP contribution in [0, 0.1) is 0 Å². The number of nitrogens with zero attached hydrogens (tertiary/aromatic N) is 1. The van der Waals surface area contributed by atoms with E-state index >= 15 is 0 Å². The molecule has 2 aromatic rings. The zero-order valence-electron chi connectivity index (χ0n) is 11.0. The van der Waals surface area contributed by atoms with Crippen LogP contribution < -0.4 is 4.74 Å². The fraction of sp³-hybridized carbons (Fsp3) is 0.188. The Morgan fingerprint density at radius 3 is 1.89 bits per heavy atom. The maximum atomic E-state index is 12.5. The van der Waals surface area contributed by atoms with Crippen molar-refractivity contribution >= 4 is 5.91 Å². The first-order chi connectivity index (χ1) is 9.18. The van der Waals surface area contributed by atoms with Gasteiger partial charge in [-0.1, -0.05) is 36.4 Å². The van der Waals surface area contributed by atoms with Crippen molar-refractivity contribution in [3.05, 3.63) is 59.7 Å². The topological polar surface area (TPSA) is 29.5 Å². The number of hydrogen-bond acceptors (Lipinski definition) is 2. The molecule has 1 heterocycles. The summed E-state index contributed by atoms with van der Waals surface area (Å²) in [6.07, 6.45) is 0. The molecule has 0 unspecified atom stereocenters. The molecular formula is C16H15NO2. The lowest BCUT2D eigenvalue weighted by molar-refractivity contribution is -0.129. The molecule has 2 aromatic carbocycles. The van der Waals surface area contributed by atoms with Gasteiger partial charge in [0.1, 0.15) is 11.5 Å². The Morgan fingerprint density at radius 2 is 1.42 bits per heavy atom. The SMILES string of the molecule is CN(C)C(=O)C1c2ccccc2Oc2ccccc21. The molecule has 0 fully saturated rings. The van der Waals surface area contributed by atoms with Gasteiger partial charge in [0.15, 0.2) is 0 Å². The van der Waals surface area contributed by atoms with Gasteiger partial charge in [0.05, 0.1) is 5.92 Å². The summed E-state index contributed by atoms with van der Waals surface area (Å²) in [6.45, 7) is 0. The van der Waals surface area contributed by atoms with Gasteiger partial charge in [-0.25, -0.2) is 0 Å². The highest BCUT2D eigenvalue weighted by molar-refractivity contribution is 5.89. The Balaban J connectivity index is 2.19. The van der Waals surface area contributed by atoms with Gasteiger partial charge in [-0.15, -0.1) is 0 Å². The van der Waals surface area contributed by atoms with Gasteiger partial charge < -0.3 is 9.64 Å². The third kappa shape index (κ3) is 1.87. The standard InChI is InChI=1S/C16H15NO2/c1-17(2)16(18)15-11-7-3-5-9-13(11)19-14-10-6-4-8-12(14)15/h3-10,15H,1-2H3. The number of para-hydroxylation sites is 2. The van der Waals surface area contributed by atoms with Crippen molar-refractivity contribution in [1.29, 1.82) is 0 Å². The van der Waals surface area contributed by atoms with Crippen molar-refractivity contribution in [1.82, 2.24) is 4.90 Å². The predicted octanol–water partition coefficient (Wildman–Crippen LogP) is 3.01. The van der Waals surface area contributed by atoms with Crippen LogP contribution in [0.5, 0.6) is 11.5 Å². The maximum absolute atomic E-state index is 12.5. The van der Waals surface area contributed by atoms with Crippen molar-refractivity contribution < 1.29 is 9.53 Å². The fourth-order valence-electron chi connectivity index (χ4n) is 2.43. The first kappa shape index (κ1) is 11.8. The molecule has 3 nitrogen and oxygen atoms in total. The highest BCUT2D eigenvalue weighted by Gasteiger charge is 2.32. The van der Waals surface area contributed by atoms with E-state index in [0.29, 0.717) is 0 Å². The summed E-state index contributed by atoms with van der Waals surface area (Å²) in [5.74, 6) is 1.32. The van der Waals surface area contributed by atoms with Crippen molar-refractivity contribution in [3.63, 3.8) is 0 Å². The molecule has 96 valence electrons. The van der Waals surface area contributed by atoms with E-state index in [9.17, 15) is 4.79 Å². The van der Waals surface area contributed by atoms with Gasteiger partial charge >= 0.3 is 0 Å². The molecule has 3 rings (SSSR count). The van der Waals surface area contributed by atoms with E-state index in [-0.39, 0.29) is 11.8 Å². The molecule has 1 aliphatic rings. The van der Waals surface area contributed by atoms with E-state index in [2.05, 4.69) is 0 Å². The minimum absolute atomic E-state index is 0.0724. The Labute approximate surface area is 112 Å². The normalized spacial score (nSPS) is 13.2. The lowest BCUT2D eigenvalue weighted by Crippen LogP contribution is -2.30. The molecule has 0 saturated carbocycles. The number of benzene rings is 2. The Kier molecular flexibility index (Phi) is 2.75. The molecule has 19 heavy (non-hydrogen) atoms. The number of likely N-dealkylation sites (N-methyl/N-ethyl adjacent to an activating group) is 1. The number of carbonyl (C=O) groups is 1. The monoisotopic (exact) mass is 253 g/mol. The second-order valence-corrected chi connectivity index (χ2v) is 4.84. The van der Waals surface area contributed by atoms with E-state index in [4.69, 9.17) is 4.74 Å². The first-order valence-corrected chi connectivity index (χ1v) is 6.25. The number of hydrogen-bond donors (Lipinski definition) is 0. The number of ether oxygens (including phenoxy) is 1. The minimum atomic E-state index is -0.281. The van der Waals surface area contributed by atoms with Crippen LogP contribution in [-0.2, 0) is 4.79 Å². The first-order valence-electron chi connectivity index (χ1n) is 6.25. The van der Waals surface area contributed by atoms with Crippen molar-refractivity contribution in [2.75, 3.05) is 14.1 Å². The molecule has 0 saturated heterocycles. The molecule has 0 spiro atoms. The van der Waals surface area contributed by atoms with Crippen molar-refractivity contribution in [2.24, 2.45) is 0 Å². The van der Waals surface area contributed by atoms with Crippen LogP contribution in [0.4, 0.5) is 0 Å². The summed E-state index contributed by atoms with van der Waals surface area (Å²) in [5.41, 5.74) is 1.86. The quantitative estimate of drug-likeness (QED) is 0.782. The van der Waals surface area contributed by atoms with Gasteiger partial charge in [-0.2, -0.15) is 0 Å². The van der Waals surface area contributed by atoms with Crippen molar-refractivity contribution in [2.45, 2.75) is 5.92 Å². The average Bonchev–Trinajstić information content (AvgIpc) is 2.43. The van der Waals surface area contributed by atoms with E-state index in [1.807, 2.05) is 48.5 Å². The zero-order valence-corrected chi connectivity index (χ0v) is 11.0. The lowest BCUT2D eigenvalue weighted by atomic mass is 9.87. The summed E-state index contributed by atoms with van der Waals surface area (Å²) >= 11 is 0. The van der Waals surface area contributed by atoms with Gasteiger partial charge in [0.2, 0.25) is 5.91 Å². The van der Waals surface area contributed by atoms with Crippen LogP contribution in [-0.4, -0.2) is 24.9 Å². The van der Waals surface area contributed by atoms with E-state index in [1.165, 1.54) is 0 Å². The van der Waals surface area contributed by atoms with E-state index in [0.717, 1.165) is 22.6 Å². The van der Waals surface area contributed by atoms with Gasteiger partial charge in [-0.3, -0.25) is 4.79 Å². The summed E-state index contributed by atoms with van der Waals surface area (Å²) < 4.78 is 5.87. The zero-order chi connectivity index (χ0) is 13.4. The molecule has 0 bridgehead atoms. The minimum Gasteiger partial charge on any atom is -0.457 e. The van der Waals surface area contributed by atoms with Gasteiger partial charge in [0, 0.05) is 25.2 Å². The highest BCUT2D eigenvalue weighted by Crippen LogP contribution is 2.44. The number of rotatable bonds is 1. The lowest BCUT2D eigenvalue weighted by Gasteiger charge is -2.29. The van der Waals surface area contributed by atoms with Gasteiger partial charge in [0.25, 0.3) is 0 Å². The fourth-order valence-corrected chi connectivity index (χ4v) is 2.43. The third-order valence-electron chi connectivity index (χ3n) is 3.37. The number of amides is 1. The second kappa shape index (κ2) is 4.43. The van der Waals surface area contributed by atoms with Crippen LogP contribution in [0.2, 0.25) is 0 Å². The number of carbonyl (C=O) groups excluding carboxylic acids is 1. The molecule has 1 aliphatic heterocycles. The molecule has 0 atom stereocenters. The maximum Gasteiger partial charge on any atom is 0.234 e. The van der Waals surface area contributed by atoms with Crippen LogP contribution in [0.1, 0.15) is 17.0 Å². The summed E-state index contributed by atoms with van der Waals surface area (Å²) in [7, 11) is 3.56. The predicted molar refractivity (Wildman–Crippen MR) is 73.5 cm³/mol. The molecule has 0 aromatic heterocycles. The summed E-state index contributed by atoms with van der Waals surface area (Å²) in [4.78, 5) is 14.1. The molecular weight excluding hydrogens is 238 g/mol. The van der Waals surface area contributed by atoms with Crippen LogP contribution >= 0.6 is 0 Å². The number of fused-ring (bicyclic) bond motifs is 2. The smallest absolute Gasteiger partial charge is 0.234 e. The molecule has 0 aliphatic carbocycles. The van der Waals surface area contributed by atoms with Crippen LogP contribution in [0.3, 0.4) is 0 Å². The molecule has 3 heteroatoms. The van der Waals surface area contributed by atoms with E-state index < -0.39 is 0 Å². The van der Waals surface area contributed by atoms with Crippen LogP contribution in [0.15, 0.2) is 48.5 Å².